The lowest BCUT2D eigenvalue weighted by atomic mass is 9.91. The molecule has 4 amide bonds. The monoisotopic (exact) mass is 475 g/mol. The molecule has 0 radical (unpaired) electrons. The van der Waals surface area contributed by atoms with Gasteiger partial charge in [-0.1, -0.05) is 49.3 Å². The highest BCUT2D eigenvalue weighted by Gasteiger charge is 2.30. The van der Waals surface area contributed by atoms with Crippen molar-refractivity contribution in [2.75, 3.05) is 13.1 Å². The summed E-state index contributed by atoms with van der Waals surface area (Å²) in [5.41, 5.74) is 2.95. The Bertz CT molecular complexity index is 990. The number of carbonyl (C=O) groups excluding carboxylic acids is 4. The molecule has 0 aromatic heterocycles. The number of imide groups is 2. The van der Waals surface area contributed by atoms with Crippen LogP contribution in [0.2, 0.25) is 0 Å². The zero-order valence-corrected chi connectivity index (χ0v) is 20.0. The highest BCUT2D eigenvalue weighted by molar-refractivity contribution is 6.11. The van der Waals surface area contributed by atoms with Crippen LogP contribution in [0.25, 0.3) is 0 Å². The lowest BCUT2D eigenvalue weighted by Gasteiger charge is -2.12. The van der Waals surface area contributed by atoms with Crippen molar-refractivity contribution >= 4 is 23.6 Å². The van der Waals surface area contributed by atoms with Gasteiger partial charge >= 0.3 is 0 Å². The van der Waals surface area contributed by atoms with E-state index in [-0.39, 0.29) is 35.5 Å². The topological polar surface area (TPSA) is 104 Å². The molecule has 6 aliphatic rings. The number of hydrogen-bond acceptors (Lipinski definition) is 5. The molecule has 2 aliphatic carbocycles. The number of fused-ring (bicyclic) bond motifs is 6. The van der Waals surface area contributed by atoms with Gasteiger partial charge in [-0.25, -0.2) is 0 Å². The number of nitrogens with one attached hydrogen (secondary N) is 3. The first-order valence-corrected chi connectivity index (χ1v) is 12.6. The normalized spacial score (nSPS) is 25.0. The summed E-state index contributed by atoms with van der Waals surface area (Å²) >= 11 is 0. The molecular formula is C28H33N3O4. The van der Waals surface area contributed by atoms with Gasteiger partial charge in [0.1, 0.15) is 0 Å². The van der Waals surface area contributed by atoms with E-state index in [4.69, 9.17) is 0 Å². The summed E-state index contributed by atoms with van der Waals surface area (Å²) in [6.07, 6.45) is 23.3. The van der Waals surface area contributed by atoms with E-state index >= 15 is 0 Å². The van der Waals surface area contributed by atoms with Crippen molar-refractivity contribution in [1.29, 1.82) is 0 Å². The zero-order chi connectivity index (χ0) is 24.6. The van der Waals surface area contributed by atoms with Gasteiger partial charge in [0, 0.05) is 11.1 Å². The van der Waals surface area contributed by atoms with Gasteiger partial charge in [0.25, 0.3) is 11.8 Å². The second-order valence-corrected chi connectivity index (χ2v) is 9.37. The third-order valence-corrected chi connectivity index (χ3v) is 6.74. The van der Waals surface area contributed by atoms with Crippen molar-refractivity contribution in [2.24, 2.45) is 11.8 Å². The molecule has 0 aromatic rings. The molecule has 4 aliphatic heterocycles. The van der Waals surface area contributed by atoms with Crippen molar-refractivity contribution in [1.82, 2.24) is 16.0 Å². The standard InChI is InChI=1S/C28H33N3O4/c32-25-21-11-13-23(27(34)30-25)19(17-21)9-5-1-3-7-15-29-16-8-4-2-6-10-20-18-22-12-14-24(20)28(35)31-26(22)33/h9-14,17-18,23-24,29H,1-8,15-16H2,(H,30,32,34)(H,31,33,35). The second-order valence-electron chi connectivity index (χ2n) is 9.37. The Hall–Kier alpha value is -3.32. The first kappa shape index (κ1) is 24.8. The molecule has 0 aromatic carbocycles. The lowest BCUT2D eigenvalue weighted by molar-refractivity contribution is -0.130. The van der Waals surface area contributed by atoms with E-state index in [1.807, 2.05) is 12.2 Å². The molecule has 7 heteroatoms. The van der Waals surface area contributed by atoms with Crippen molar-refractivity contribution in [3.8, 4) is 0 Å². The van der Waals surface area contributed by atoms with Crippen molar-refractivity contribution in [2.45, 2.75) is 51.4 Å². The third kappa shape index (κ3) is 6.42. The van der Waals surface area contributed by atoms with Crippen LogP contribution >= 0.6 is 0 Å². The van der Waals surface area contributed by atoms with E-state index in [9.17, 15) is 19.2 Å². The van der Waals surface area contributed by atoms with Gasteiger partial charge in [-0.15, -0.1) is 0 Å². The summed E-state index contributed by atoms with van der Waals surface area (Å²) in [5.74, 6) is -1.79. The Kier molecular flexibility index (Phi) is 8.42. The summed E-state index contributed by atoms with van der Waals surface area (Å²) in [7, 11) is 0. The molecule has 3 N–H and O–H groups in total. The maximum atomic E-state index is 12.0. The fourth-order valence-corrected chi connectivity index (χ4v) is 4.72. The highest BCUT2D eigenvalue weighted by Crippen LogP contribution is 2.27. The molecule has 4 bridgehead atoms. The number of allylic oxidation sites excluding steroid dienone is 4. The molecule has 4 heterocycles. The second kappa shape index (κ2) is 11.9. The Morgan fingerprint density at radius 1 is 0.657 bits per heavy atom. The van der Waals surface area contributed by atoms with E-state index in [2.05, 4.69) is 28.1 Å². The van der Waals surface area contributed by atoms with Crippen LogP contribution in [0.1, 0.15) is 51.4 Å². The van der Waals surface area contributed by atoms with Crippen LogP contribution < -0.4 is 16.0 Å². The summed E-state index contributed by atoms with van der Waals surface area (Å²) in [4.78, 5) is 47.7. The van der Waals surface area contributed by atoms with E-state index in [0.717, 1.165) is 75.6 Å². The fraction of sp³-hybridized carbons (Fsp3) is 0.429. The van der Waals surface area contributed by atoms with Gasteiger partial charge in [-0.2, -0.15) is 0 Å². The first-order valence-electron chi connectivity index (χ1n) is 12.6. The maximum absolute atomic E-state index is 12.0. The Morgan fingerprint density at radius 3 is 1.57 bits per heavy atom. The van der Waals surface area contributed by atoms with Gasteiger partial charge < -0.3 is 5.32 Å². The first-order chi connectivity index (χ1) is 17.0. The number of carbonyl (C=O) groups is 4. The lowest BCUT2D eigenvalue weighted by Crippen LogP contribution is -2.32. The summed E-state index contributed by atoms with van der Waals surface area (Å²) < 4.78 is 0. The van der Waals surface area contributed by atoms with E-state index in [1.54, 1.807) is 24.3 Å². The number of hydrogen-bond donors (Lipinski definition) is 3. The van der Waals surface area contributed by atoms with Gasteiger partial charge in [0.05, 0.1) is 11.8 Å². The van der Waals surface area contributed by atoms with Crippen LogP contribution in [0.5, 0.6) is 0 Å². The van der Waals surface area contributed by atoms with Gasteiger partial charge in [-0.3, -0.25) is 29.8 Å². The molecule has 0 spiro atoms. The zero-order valence-electron chi connectivity index (χ0n) is 20.0. The SMILES string of the molecule is O=C1NC(=O)C2C=CC1=CC2=CCCCCCNCCCCCC=C1C=C2C=CC1C(=O)NC2=O. The smallest absolute Gasteiger partial charge is 0.257 e. The van der Waals surface area contributed by atoms with Crippen LogP contribution in [0, 0.1) is 11.8 Å². The van der Waals surface area contributed by atoms with Crippen molar-refractivity contribution < 1.29 is 19.2 Å². The predicted molar refractivity (Wildman–Crippen MR) is 134 cm³/mol. The molecule has 6 rings (SSSR count). The van der Waals surface area contributed by atoms with Crippen molar-refractivity contribution in [3.05, 3.63) is 70.9 Å². The minimum atomic E-state index is -0.345. The Morgan fingerprint density at radius 2 is 1.11 bits per heavy atom. The molecule has 7 nitrogen and oxygen atoms in total. The Labute approximate surface area is 206 Å². The molecule has 2 unspecified atom stereocenters. The molecule has 0 saturated carbocycles. The Balaban J connectivity index is 1.03. The minimum Gasteiger partial charge on any atom is -0.317 e. The van der Waals surface area contributed by atoms with Gasteiger partial charge in [0.15, 0.2) is 0 Å². The maximum Gasteiger partial charge on any atom is 0.257 e. The third-order valence-electron chi connectivity index (χ3n) is 6.74. The quantitative estimate of drug-likeness (QED) is 0.297. The molecule has 184 valence electrons. The van der Waals surface area contributed by atoms with Crippen molar-refractivity contribution in [3.63, 3.8) is 0 Å². The predicted octanol–water partition coefficient (Wildman–Crippen LogP) is 3.09. The van der Waals surface area contributed by atoms with Crippen LogP contribution in [0.3, 0.4) is 0 Å². The number of rotatable bonds is 12. The number of unbranched alkanes of at least 4 members (excludes halogenated alkanes) is 6. The van der Waals surface area contributed by atoms with Crippen LogP contribution in [-0.2, 0) is 19.2 Å². The van der Waals surface area contributed by atoms with Gasteiger partial charge in [0.2, 0.25) is 11.8 Å². The number of amides is 4. The summed E-state index contributed by atoms with van der Waals surface area (Å²) in [5, 5.41) is 8.33. The van der Waals surface area contributed by atoms with Crippen LogP contribution in [-0.4, -0.2) is 36.7 Å². The molecule has 0 fully saturated rings. The average molecular weight is 476 g/mol. The summed E-state index contributed by atoms with van der Waals surface area (Å²) in [6, 6.07) is 0. The molecular weight excluding hydrogens is 442 g/mol. The highest BCUT2D eigenvalue weighted by atomic mass is 16.2. The molecule has 2 atom stereocenters. The average Bonchev–Trinajstić information content (AvgIpc) is 3.18. The van der Waals surface area contributed by atoms with Gasteiger partial charge in [-0.05, 0) is 74.9 Å². The van der Waals surface area contributed by atoms with Crippen LogP contribution in [0.4, 0.5) is 0 Å². The van der Waals surface area contributed by atoms with E-state index in [0.29, 0.717) is 11.1 Å². The molecule has 35 heavy (non-hydrogen) atoms. The summed E-state index contributed by atoms with van der Waals surface area (Å²) in [6.45, 7) is 2.00. The van der Waals surface area contributed by atoms with E-state index < -0.39 is 0 Å². The fourth-order valence-electron chi connectivity index (χ4n) is 4.72. The minimum absolute atomic E-state index is 0.239. The van der Waals surface area contributed by atoms with E-state index in [1.165, 1.54) is 0 Å². The molecule has 0 saturated heterocycles. The largest absolute Gasteiger partial charge is 0.317 e. The van der Waals surface area contributed by atoms with Crippen LogP contribution in [0.15, 0.2) is 70.9 Å².